The summed E-state index contributed by atoms with van der Waals surface area (Å²) >= 11 is 0. The van der Waals surface area contributed by atoms with Crippen molar-refractivity contribution in [2.75, 3.05) is 13.6 Å². The summed E-state index contributed by atoms with van der Waals surface area (Å²) in [5, 5.41) is 8.83. The fourth-order valence-corrected chi connectivity index (χ4v) is 2.11. The average Bonchev–Trinajstić information content (AvgIpc) is 2.18. The van der Waals surface area contributed by atoms with E-state index in [1.165, 1.54) is 0 Å². The van der Waals surface area contributed by atoms with Crippen molar-refractivity contribution in [3.05, 3.63) is 0 Å². The Labute approximate surface area is 90.3 Å². The molecule has 4 heteroatoms. The molecule has 0 aromatic heterocycles. The number of carboxylic acid groups (broad SMARTS) is 1. The van der Waals surface area contributed by atoms with E-state index >= 15 is 0 Å². The second-order valence-electron chi connectivity index (χ2n) is 4.46. The summed E-state index contributed by atoms with van der Waals surface area (Å²) in [7, 11) is 1.80. The van der Waals surface area contributed by atoms with Gasteiger partial charge in [0.05, 0.1) is 5.92 Å². The number of amides is 1. The van der Waals surface area contributed by atoms with Crippen LogP contribution in [-0.4, -0.2) is 35.5 Å². The Bertz CT molecular complexity index is 244. The summed E-state index contributed by atoms with van der Waals surface area (Å²) in [6.45, 7) is 2.32. The number of hydrogen-bond donors (Lipinski definition) is 1. The maximum atomic E-state index is 11.0. The van der Waals surface area contributed by atoms with Crippen molar-refractivity contribution in [3.63, 3.8) is 0 Å². The van der Waals surface area contributed by atoms with E-state index in [9.17, 15) is 9.59 Å². The molecule has 1 aliphatic rings. The lowest BCUT2D eigenvalue weighted by Gasteiger charge is -2.29. The largest absolute Gasteiger partial charge is 0.481 e. The van der Waals surface area contributed by atoms with Gasteiger partial charge in [0.2, 0.25) is 5.91 Å². The lowest BCUT2D eigenvalue weighted by molar-refractivity contribution is -0.143. The van der Waals surface area contributed by atoms with Gasteiger partial charge in [-0.1, -0.05) is 0 Å². The molecule has 0 aromatic carbocycles. The zero-order chi connectivity index (χ0) is 11.4. The van der Waals surface area contributed by atoms with Crippen LogP contribution in [0.4, 0.5) is 0 Å². The molecular weight excluding hydrogens is 194 g/mol. The molecular formula is C11H19NO3. The highest BCUT2D eigenvalue weighted by atomic mass is 16.4. The van der Waals surface area contributed by atoms with Crippen molar-refractivity contribution in [2.24, 2.45) is 11.8 Å². The number of carbonyl (C=O) groups is 2. The van der Waals surface area contributed by atoms with Gasteiger partial charge in [-0.15, -0.1) is 0 Å². The Morgan fingerprint density at radius 1 is 1.27 bits per heavy atom. The van der Waals surface area contributed by atoms with E-state index in [4.69, 9.17) is 5.11 Å². The minimum Gasteiger partial charge on any atom is -0.481 e. The first kappa shape index (κ1) is 12.0. The molecule has 0 aliphatic heterocycles. The summed E-state index contributed by atoms with van der Waals surface area (Å²) in [5.41, 5.74) is 0. The third kappa shape index (κ3) is 3.53. The smallest absolute Gasteiger partial charge is 0.306 e. The third-order valence-corrected chi connectivity index (χ3v) is 3.27. The number of rotatable bonds is 3. The molecule has 15 heavy (non-hydrogen) atoms. The zero-order valence-electron chi connectivity index (χ0n) is 9.40. The van der Waals surface area contributed by atoms with E-state index < -0.39 is 5.97 Å². The molecule has 0 bridgehead atoms. The van der Waals surface area contributed by atoms with Crippen molar-refractivity contribution < 1.29 is 14.7 Å². The average molecular weight is 213 g/mol. The fourth-order valence-electron chi connectivity index (χ4n) is 2.11. The number of carbonyl (C=O) groups excluding carboxylic acids is 1. The Hall–Kier alpha value is -1.06. The maximum absolute atomic E-state index is 11.0. The quantitative estimate of drug-likeness (QED) is 0.770. The summed E-state index contributed by atoms with van der Waals surface area (Å²) in [6.07, 6.45) is 3.36. The summed E-state index contributed by atoms with van der Waals surface area (Å²) in [5.74, 6) is -0.276. The van der Waals surface area contributed by atoms with Gasteiger partial charge in [-0.25, -0.2) is 0 Å². The molecule has 86 valence electrons. The zero-order valence-corrected chi connectivity index (χ0v) is 9.40. The van der Waals surface area contributed by atoms with Gasteiger partial charge in [0.15, 0.2) is 0 Å². The van der Waals surface area contributed by atoms with Crippen molar-refractivity contribution in [3.8, 4) is 0 Å². The van der Waals surface area contributed by atoms with Crippen LogP contribution in [0.15, 0.2) is 0 Å². The first-order chi connectivity index (χ1) is 7.00. The SMILES string of the molecule is CC(=O)N(C)CC1CCC(C(=O)O)CC1. The van der Waals surface area contributed by atoms with E-state index in [-0.39, 0.29) is 11.8 Å². The topological polar surface area (TPSA) is 57.6 Å². The molecule has 1 amide bonds. The van der Waals surface area contributed by atoms with E-state index in [1.54, 1.807) is 18.9 Å². The second-order valence-corrected chi connectivity index (χ2v) is 4.46. The molecule has 0 saturated heterocycles. The van der Waals surface area contributed by atoms with Gasteiger partial charge in [-0.2, -0.15) is 0 Å². The Balaban J connectivity index is 2.31. The summed E-state index contributed by atoms with van der Waals surface area (Å²) in [4.78, 5) is 23.5. The van der Waals surface area contributed by atoms with Gasteiger partial charge in [-0.05, 0) is 31.6 Å². The van der Waals surface area contributed by atoms with Crippen LogP contribution in [0, 0.1) is 11.8 Å². The molecule has 0 atom stereocenters. The van der Waals surface area contributed by atoms with Crippen molar-refractivity contribution in [1.29, 1.82) is 0 Å². The molecule has 1 fully saturated rings. The van der Waals surface area contributed by atoms with Crippen LogP contribution in [0.25, 0.3) is 0 Å². The first-order valence-electron chi connectivity index (χ1n) is 5.45. The normalized spacial score (nSPS) is 26.0. The fraction of sp³-hybridized carbons (Fsp3) is 0.818. The molecule has 0 aromatic rings. The van der Waals surface area contributed by atoms with Crippen LogP contribution in [0.3, 0.4) is 0 Å². The van der Waals surface area contributed by atoms with Crippen LogP contribution in [-0.2, 0) is 9.59 Å². The Kier molecular flexibility index (Phi) is 4.12. The van der Waals surface area contributed by atoms with Crippen molar-refractivity contribution in [1.82, 2.24) is 4.90 Å². The van der Waals surface area contributed by atoms with E-state index in [0.29, 0.717) is 5.92 Å². The van der Waals surface area contributed by atoms with Gasteiger partial charge in [0.25, 0.3) is 0 Å². The van der Waals surface area contributed by atoms with E-state index in [0.717, 1.165) is 32.2 Å². The van der Waals surface area contributed by atoms with Gasteiger partial charge in [0.1, 0.15) is 0 Å². The Morgan fingerprint density at radius 3 is 2.20 bits per heavy atom. The lowest BCUT2D eigenvalue weighted by atomic mass is 9.82. The van der Waals surface area contributed by atoms with E-state index in [1.807, 2.05) is 0 Å². The standard InChI is InChI=1S/C11H19NO3/c1-8(13)12(2)7-9-3-5-10(6-4-9)11(14)15/h9-10H,3-7H2,1-2H3,(H,14,15). The monoisotopic (exact) mass is 213 g/mol. The van der Waals surface area contributed by atoms with Gasteiger partial charge < -0.3 is 10.0 Å². The molecule has 1 aliphatic carbocycles. The van der Waals surface area contributed by atoms with Crippen LogP contribution >= 0.6 is 0 Å². The maximum Gasteiger partial charge on any atom is 0.306 e. The van der Waals surface area contributed by atoms with Gasteiger partial charge in [-0.3, -0.25) is 9.59 Å². The summed E-state index contributed by atoms with van der Waals surface area (Å²) in [6, 6.07) is 0. The molecule has 0 radical (unpaired) electrons. The number of aliphatic carboxylic acids is 1. The predicted octanol–water partition coefficient (Wildman–Crippen LogP) is 1.36. The van der Waals surface area contributed by atoms with Gasteiger partial charge >= 0.3 is 5.97 Å². The molecule has 0 heterocycles. The highest BCUT2D eigenvalue weighted by Crippen LogP contribution is 2.29. The van der Waals surface area contributed by atoms with Crippen molar-refractivity contribution in [2.45, 2.75) is 32.6 Å². The molecule has 1 N–H and O–H groups in total. The van der Waals surface area contributed by atoms with Crippen LogP contribution in [0.2, 0.25) is 0 Å². The third-order valence-electron chi connectivity index (χ3n) is 3.27. The molecule has 0 spiro atoms. The van der Waals surface area contributed by atoms with Crippen molar-refractivity contribution >= 4 is 11.9 Å². The highest BCUT2D eigenvalue weighted by Gasteiger charge is 2.26. The number of carboxylic acids is 1. The molecule has 0 unspecified atom stereocenters. The number of hydrogen-bond acceptors (Lipinski definition) is 2. The summed E-state index contributed by atoms with van der Waals surface area (Å²) < 4.78 is 0. The first-order valence-corrected chi connectivity index (χ1v) is 5.45. The van der Waals surface area contributed by atoms with Crippen LogP contribution < -0.4 is 0 Å². The minimum atomic E-state index is -0.673. The van der Waals surface area contributed by atoms with Gasteiger partial charge in [0, 0.05) is 20.5 Å². The molecule has 4 nitrogen and oxygen atoms in total. The Morgan fingerprint density at radius 2 is 1.80 bits per heavy atom. The molecule has 1 rings (SSSR count). The van der Waals surface area contributed by atoms with Crippen LogP contribution in [0.1, 0.15) is 32.6 Å². The molecule has 1 saturated carbocycles. The lowest BCUT2D eigenvalue weighted by Crippen LogP contribution is -2.32. The van der Waals surface area contributed by atoms with E-state index in [2.05, 4.69) is 0 Å². The highest BCUT2D eigenvalue weighted by molar-refractivity contribution is 5.72. The number of nitrogens with zero attached hydrogens (tertiary/aromatic N) is 1. The predicted molar refractivity (Wildman–Crippen MR) is 56.4 cm³/mol. The second kappa shape index (κ2) is 5.14. The minimum absolute atomic E-state index is 0.0790. The van der Waals surface area contributed by atoms with Crippen LogP contribution in [0.5, 0.6) is 0 Å².